The molecule has 2 rings (SSSR count). The van der Waals surface area contributed by atoms with E-state index in [2.05, 4.69) is 30.9 Å². The van der Waals surface area contributed by atoms with Crippen molar-refractivity contribution in [2.75, 3.05) is 5.75 Å². The zero-order valence-electron chi connectivity index (χ0n) is 10.9. The van der Waals surface area contributed by atoms with Crippen molar-refractivity contribution in [1.82, 2.24) is 5.32 Å². The van der Waals surface area contributed by atoms with Gasteiger partial charge in [-0.1, -0.05) is 33.1 Å². The third-order valence-corrected chi connectivity index (χ3v) is 5.85. The molecule has 94 valence electrons. The van der Waals surface area contributed by atoms with Crippen LogP contribution in [-0.4, -0.2) is 23.1 Å². The summed E-state index contributed by atoms with van der Waals surface area (Å²) < 4.78 is 0. The molecule has 1 aliphatic heterocycles. The molecule has 1 nitrogen and oxygen atoms in total. The van der Waals surface area contributed by atoms with E-state index in [4.69, 9.17) is 0 Å². The van der Waals surface area contributed by atoms with Gasteiger partial charge in [-0.05, 0) is 37.4 Å². The van der Waals surface area contributed by atoms with Gasteiger partial charge >= 0.3 is 0 Å². The summed E-state index contributed by atoms with van der Waals surface area (Å²) in [6, 6.07) is 1.61. The average Bonchev–Trinajstić information content (AvgIpc) is 2.33. The van der Waals surface area contributed by atoms with E-state index in [0.29, 0.717) is 0 Å². The first-order chi connectivity index (χ1) is 7.81. The molecular formula is C14H27NS. The first kappa shape index (κ1) is 12.8. The molecule has 16 heavy (non-hydrogen) atoms. The van der Waals surface area contributed by atoms with E-state index < -0.39 is 0 Å². The number of hydrogen-bond donors (Lipinski definition) is 1. The fourth-order valence-electron chi connectivity index (χ4n) is 3.33. The van der Waals surface area contributed by atoms with Gasteiger partial charge in [0.15, 0.2) is 0 Å². The van der Waals surface area contributed by atoms with E-state index in [9.17, 15) is 0 Å². The lowest BCUT2D eigenvalue weighted by molar-refractivity contribution is 0.230. The van der Waals surface area contributed by atoms with Gasteiger partial charge in [-0.15, -0.1) is 0 Å². The number of thioether (sulfide) groups is 1. The summed E-state index contributed by atoms with van der Waals surface area (Å²) in [7, 11) is 0. The Labute approximate surface area is 105 Å². The summed E-state index contributed by atoms with van der Waals surface area (Å²) in [5.41, 5.74) is 0. The highest BCUT2D eigenvalue weighted by molar-refractivity contribution is 7.99. The molecular weight excluding hydrogens is 214 g/mol. The topological polar surface area (TPSA) is 12.0 Å². The fourth-order valence-corrected chi connectivity index (χ4v) is 4.48. The van der Waals surface area contributed by atoms with Crippen LogP contribution in [-0.2, 0) is 0 Å². The van der Waals surface area contributed by atoms with Crippen molar-refractivity contribution in [1.29, 1.82) is 0 Å². The zero-order chi connectivity index (χ0) is 11.4. The molecule has 0 bridgehead atoms. The fraction of sp³-hybridized carbons (Fsp3) is 1.00. The van der Waals surface area contributed by atoms with Crippen LogP contribution in [0.1, 0.15) is 58.8 Å². The lowest BCUT2D eigenvalue weighted by Gasteiger charge is -2.38. The number of rotatable bonds is 3. The normalized spacial score (nSPS) is 40.9. The highest BCUT2D eigenvalue weighted by Crippen LogP contribution is 2.30. The molecule has 1 saturated carbocycles. The molecule has 2 aliphatic rings. The van der Waals surface area contributed by atoms with Gasteiger partial charge in [0.05, 0.1) is 0 Å². The van der Waals surface area contributed by atoms with Crippen molar-refractivity contribution < 1.29 is 0 Å². The van der Waals surface area contributed by atoms with Crippen LogP contribution in [0.25, 0.3) is 0 Å². The standard InChI is InChI=1S/C14H27NS/c1-3-12-7-4-5-8-14(12)15-13-9-6-10-16-11(13)2/h11-15H,3-10H2,1-2H3. The largest absolute Gasteiger partial charge is 0.310 e. The maximum atomic E-state index is 3.99. The molecule has 0 spiro atoms. The second kappa shape index (κ2) is 6.30. The molecule has 1 saturated heterocycles. The van der Waals surface area contributed by atoms with E-state index in [1.165, 1.54) is 50.7 Å². The lowest BCUT2D eigenvalue weighted by Crippen LogP contribution is -2.48. The van der Waals surface area contributed by atoms with E-state index in [-0.39, 0.29) is 0 Å². The minimum atomic E-state index is 0.788. The highest BCUT2D eigenvalue weighted by atomic mass is 32.2. The van der Waals surface area contributed by atoms with Crippen LogP contribution in [0.3, 0.4) is 0 Å². The second-order valence-electron chi connectivity index (χ2n) is 5.55. The van der Waals surface area contributed by atoms with Gasteiger partial charge in [-0.2, -0.15) is 11.8 Å². The molecule has 2 fully saturated rings. The Bertz CT molecular complexity index is 207. The third kappa shape index (κ3) is 3.16. The summed E-state index contributed by atoms with van der Waals surface area (Å²) in [5.74, 6) is 2.33. The molecule has 0 aromatic heterocycles. The quantitative estimate of drug-likeness (QED) is 0.806. The first-order valence-electron chi connectivity index (χ1n) is 7.19. The monoisotopic (exact) mass is 241 g/mol. The van der Waals surface area contributed by atoms with Gasteiger partial charge in [0, 0.05) is 17.3 Å². The van der Waals surface area contributed by atoms with Gasteiger partial charge in [-0.25, -0.2) is 0 Å². The van der Waals surface area contributed by atoms with Crippen molar-refractivity contribution in [3.8, 4) is 0 Å². The van der Waals surface area contributed by atoms with E-state index in [1.807, 2.05) is 0 Å². The predicted molar refractivity (Wildman–Crippen MR) is 74.1 cm³/mol. The number of nitrogens with one attached hydrogen (secondary N) is 1. The van der Waals surface area contributed by atoms with Gasteiger partial charge in [0.2, 0.25) is 0 Å². The summed E-state index contributed by atoms with van der Waals surface area (Å²) in [4.78, 5) is 0. The third-order valence-electron chi connectivity index (χ3n) is 4.47. The average molecular weight is 241 g/mol. The minimum Gasteiger partial charge on any atom is -0.310 e. The minimum absolute atomic E-state index is 0.788. The molecule has 0 radical (unpaired) electrons. The SMILES string of the molecule is CCC1CCCCC1NC1CCCSC1C. The molecule has 4 unspecified atom stereocenters. The van der Waals surface area contributed by atoms with E-state index in [0.717, 1.165) is 23.3 Å². The molecule has 1 heterocycles. The number of hydrogen-bond acceptors (Lipinski definition) is 2. The molecule has 0 aromatic rings. The highest BCUT2D eigenvalue weighted by Gasteiger charge is 2.29. The van der Waals surface area contributed by atoms with Crippen LogP contribution in [0.2, 0.25) is 0 Å². The molecule has 0 aromatic carbocycles. The van der Waals surface area contributed by atoms with Crippen molar-refractivity contribution in [2.45, 2.75) is 76.1 Å². The summed E-state index contributed by atoms with van der Waals surface area (Å²) in [6.07, 6.45) is 9.98. The van der Waals surface area contributed by atoms with Crippen LogP contribution in [0.5, 0.6) is 0 Å². The first-order valence-corrected chi connectivity index (χ1v) is 8.23. The molecule has 1 aliphatic carbocycles. The van der Waals surface area contributed by atoms with Crippen LogP contribution >= 0.6 is 11.8 Å². The Hall–Kier alpha value is 0.310. The van der Waals surface area contributed by atoms with Gasteiger partial charge < -0.3 is 5.32 Å². The smallest absolute Gasteiger partial charge is 0.0186 e. The van der Waals surface area contributed by atoms with Gasteiger partial charge in [0.1, 0.15) is 0 Å². The Balaban J connectivity index is 1.86. The summed E-state index contributed by atoms with van der Waals surface area (Å²) in [5, 5.41) is 4.81. The van der Waals surface area contributed by atoms with Crippen molar-refractivity contribution in [3.05, 3.63) is 0 Å². The maximum absolute atomic E-state index is 3.99. The zero-order valence-corrected chi connectivity index (χ0v) is 11.7. The molecule has 1 N–H and O–H groups in total. The van der Waals surface area contributed by atoms with Gasteiger partial charge in [-0.3, -0.25) is 0 Å². The second-order valence-corrected chi connectivity index (χ2v) is 7.04. The maximum Gasteiger partial charge on any atom is 0.0186 e. The molecule has 2 heteroatoms. The van der Waals surface area contributed by atoms with Gasteiger partial charge in [0.25, 0.3) is 0 Å². The molecule has 4 atom stereocenters. The Morgan fingerprint density at radius 1 is 1.06 bits per heavy atom. The Morgan fingerprint density at radius 2 is 1.81 bits per heavy atom. The lowest BCUT2D eigenvalue weighted by atomic mass is 9.82. The Morgan fingerprint density at radius 3 is 2.56 bits per heavy atom. The van der Waals surface area contributed by atoms with Crippen molar-refractivity contribution in [3.63, 3.8) is 0 Å². The predicted octanol–water partition coefficient (Wildman–Crippen LogP) is 3.83. The van der Waals surface area contributed by atoms with Crippen LogP contribution < -0.4 is 5.32 Å². The molecule has 0 amide bonds. The Kier molecular flexibility index (Phi) is 5.02. The van der Waals surface area contributed by atoms with Crippen molar-refractivity contribution >= 4 is 11.8 Å². The summed E-state index contributed by atoms with van der Waals surface area (Å²) >= 11 is 2.16. The van der Waals surface area contributed by atoms with Crippen molar-refractivity contribution in [2.24, 2.45) is 5.92 Å². The van der Waals surface area contributed by atoms with E-state index >= 15 is 0 Å². The van der Waals surface area contributed by atoms with E-state index in [1.54, 1.807) is 0 Å². The summed E-state index contributed by atoms with van der Waals surface area (Å²) in [6.45, 7) is 4.77. The van der Waals surface area contributed by atoms with Crippen LogP contribution in [0.15, 0.2) is 0 Å². The van der Waals surface area contributed by atoms with Crippen LogP contribution in [0.4, 0.5) is 0 Å². The van der Waals surface area contributed by atoms with Crippen LogP contribution in [0, 0.1) is 5.92 Å².